The molecule has 3 heterocycles. The highest BCUT2D eigenvalue weighted by atomic mass is 32.1. The van der Waals surface area contributed by atoms with Gasteiger partial charge in [0.2, 0.25) is 6.79 Å². The van der Waals surface area contributed by atoms with E-state index in [0.717, 1.165) is 52.7 Å². The summed E-state index contributed by atoms with van der Waals surface area (Å²) in [7, 11) is 0. The van der Waals surface area contributed by atoms with E-state index in [-0.39, 0.29) is 0 Å². The third kappa shape index (κ3) is 3.90. The van der Waals surface area contributed by atoms with E-state index in [9.17, 15) is 0 Å². The summed E-state index contributed by atoms with van der Waals surface area (Å²) in [6.45, 7) is 3.35. The molecule has 5 rings (SSSR count). The average Bonchev–Trinajstić information content (AvgIpc) is 3.40. The summed E-state index contributed by atoms with van der Waals surface area (Å²) in [5.41, 5.74) is 1.24. The number of hydrogen-bond donors (Lipinski definition) is 1. The zero-order chi connectivity index (χ0) is 19.6. The molecule has 0 saturated heterocycles. The van der Waals surface area contributed by atoms with Crippen LogP contribution in [0.5, 0.6) is 11.5 Å². The second-order valence-corrected chi connectivity index (χ2v) is 9.03. The molecule has 2 aliphatic rings. The largest absolute Gasteiger partial charge is 0.454 e. The Morgan fingerprint density at radius 2 is 1.93 bits per heavy atom. The normalized spacial score (nSPS) is 16.4. The molecule has 0 spiro atoms. The van der Waals surface area contributed by atoms with E-state index in [0.29, 0.717) is 12.7 Å². The van der Waals surface area contributed by atoms with Gasteiger partial charge >= 0.3 is 0 Å². The molecule has 3 aromatic rings. The van der Waals surface area contributed by atoms with E-state index in [2.05, 4.69) is 30.4 Å². The second-order valence-electron chi connectivity index (χ2n) is 7.91. The van der Waals surface area contributed by atoms with Crippen molar-refractivity contribution in [2.75, 3.05) is 18.7 Å². The summed E-state index contributed by atoms with van der Waals surface area (Å²) in [4.78, 5) is 12.5. The van der Waals surface area contributed by atoms with E-state index in [4.69, 9.17) is 19.4 Å². The fourth-order valence-corrected chi connectivity index (χ4v) is 5.24. The van der Waals surface area contributed by atoms with Crippen molar-refractivity contribution in [3.8, 4) is 11.5 Å². The van der Waals surface area contributed by atoms with Crippen LogP contribution in [0.25, 0.3) is 10.2 Å². The Hall–Kier alpha value is -2.34. The maximum atomic E-state index is 5.50. The first-order chi connectivity index (χ1) is 14.3. The first-order valence-corrected chi connectivity index (χ1v) is 11.5. The predicted octanol–water partition coefficient (Wildman–Crippen LogP) is 5.68. The monoisotopic (exact) mass is 409 g/mol. The Labute approximate surface area is 175 Å². The lowest BCUT2D eigenvalue weighted by atomic mass is 9.88. The lowest BCUT2D eigenvalue weighted by Crippen LogP contribution is -2.12. The van der Waals surface area contributed by atoms with Gasteiger partial charge in [0.05, 0.1) is 5.39 Å². The van der Waals surface area contributed by atoms with Crippen molar-refractivity contribution in [3.05, 3.63) is 40.5 Å². The van der Waals surface area contributed by atoms with Gasteiger partial charge in [-0.2, -0.15) is 0 Å². The molecule has 152 valence electrons. The van der Waals surface area contributed by atoms with Crippen LogP contribution in [0, 0.1) is 0 Å². The fraction of sp³-hybridized carbons (Fsp3) is 0.478. The molecule has 1 aliphatic carbocycles. The van der Waals surface area contributed by atoms with Crippen molar-refractivity contribution in [2.24, 2.45) is 0 Å². The first-order valence-electron chi connectivity index (χ1n) is 10.7. The zero-order valence-corrected chi connectivity index (χ0v) is 17.7. The number of aromatic nitrogens is 2. The minimum atomic E-state index is 0.317. The van der Waals surface area contributed by atoms with Gasteiger partial charge in [0.25, 0.3) is 0 Å². The second kappa shape index (κ2) is 8.19. The number of hydrogen-bond acceptors (Lipinski definition) is 6. The number of ether oxygens (including phenoxy) is 2. The molecule has 1 N–H and O–H groups in total. The fourth-order valence-electron chi connectivity index (χ4n) is 4.26. The van der Waals surface area contributed by atoms with Crippen LogP contribution in [0.2, 0.25) is 0 Å². The predicted molar refractivity (Wildman–Crippen MR) is 117 cm³/mol. The molecule has 5 nitrogen and oxygen atoms in total. The molecular formula is C23H27N3O2S. The minimum absolute atomic E-state index is 0.317. The summed E-state index contributed by atoms with van der Waals surface area (Å²) < 4.78 is 10.9. The van der Waals surface area contributed by atoms with Gasteiger partial charge in [-0.05, 0) is 49.4 Å². The van der Waals surface area contributed by atoms with Crippen LogP contribution in [0.3, 0.4) is 0 Å². The lowest BCUT2D eigenvalue weighted by Gasteiger charge is -2.21. The number of nitrogens with one attached hydrogen (secondary N) is 1. The highest BCUT2D eigenvalue weighted by Gasteiger charge is 2.21. The first kappa shape index (κ1) is 18.7. The highest BCUT2D eigenvalue weighted by Crippen LogP contribution is 2.36. The molecule has 0 radical (unpaired) electrons. The average molecular weight is 410 g/mol. The van der Waals surface area contributed by atoms with Crippen molar-refractivity contribution in [3.63, 3.8) is 0 Å². The molecule has 0 amide bonds. The number of benzene rings is 1. The Morgan fingerprint density at radius 3 is 2.79 bits per heavy atom. The summed E-state index contributed by atoms with van der Waals surface area (Å²) in [5, 5.41) is 4.77. The number of aryl methyl sites for hydroxylation is 1. The molecule has 2 aromatic heterocycles. The van der Waals surface area contributed by atoms with Crippen molar-refractivity contribution < 1.29 is 9.47 Å². The van der Waals surface area contributed by atoms with Crippen LogP contribution in [0.15, 0.2) is 24.3 Å². The van der Waals surface area contributed by atoms with Crippen LogP contribution in [0.4, 0.5) is 5.82 Å². The van der Waals surface area contributed by atoms with Crippen molar-refractivity contribution in [1.29, 1.82) is 0 Å². The van der Waals surface area contributed by atoms with Crippen LogP contribution in [-0.4, -0.2) is 23.3 Å². The quantitative estimate of drug-likeness (QED) is 0.567. The Kier molecular flexibility index (Phi) is 5.27. The number of thiophene rings is 1. The van der Waals surface area contributed by atoms with Crippen LogP contribution in [0.1, 0.15) is 61.2 Å². The Bertz CT molecular complexity index is 1010. The Morgan fingerprint density at radius 1 is 1.07 bits per heavy atom. The smallest absolute Gasteiger partial charge is 0.231 e. The number of rotatable bonds is 6. The maximum absolute atomic E-state index is 5.50. The van der Waals surface area contributed by atoms with Gasteiger partial charge in [0.1, 0.15) is 16.5 Å². The van der Waals surface area contributed by atoms with Gasteiger partial charge in [0, 0.05) is 17.3 Å². The van der Waals surface area contributed by atoms with Gasteiger partial charge in [0.15, 0.2) is 11.5 Å². The molecule has 0 unspecified atom stereocenters. The van der Waals surface area contributed by atoms with Crippen LogP contribution < -0.4 is 14.8 Å². The van der Waals surface area contributed by atoms with Gasteiger partial charge < -0.3 is 14.8 Å². The van der Waals surface area contributed by atoms with Crippen LogP contribution in [-0.2, 0) is 12.8 Å². The standard InChI is InChI=1S/C23H27N3O2S/c1-2-17-13-18-22(24-11-10-15-8-9-19-20(12-15)28-14-27-19)25-21(26-23(18)29-17)16-6-4-3-5-7-16/h8-9,12-13,16H,2-7,10-11,14H2,1H3,(H,24,25,26). The van der Waals surface area contributed by atoms with Gasteiger partial charge in [-0.15, -0.1) is 11.3 Å². The molecule has 1 fully saturated rings. The maximum Gasteiger partial charge on any atom is 0.231 e. The third-order valence-electron chi connectivity index (χ3n) is 5.92. The molecule has 1 saturated carbocycles. The molecule has 0 atom stereocenters. The SMILES string of the molecule is CCc1cc2c(NCCc3ccc4c(c3)OCO4)nc(C3CCCCC3)nc2s1. The lowest BCUT2D eigenvalue weighted by molar-refractivity contribution is 0.174. The van der Waals surface area contributed by atoms with E-state index < -0.39 is 0 Å². The third-order valence-corrected chi connectivity index (χ3v) is 7.10. The molecule has 0 bridgehead atoms. The molecular weight excluding hydrogens is 382 g/mol. The topological polar surface area (TPSA) is 56.3 Å². The number of nitrogens with zero attached hydrogens (tertiary/aromatic N) is 2. The highest BCUT2D eigenvalue weighted by molar-refractivity contribution is 7.18. The summed E-state index contributed by atoms with van der Waals surface area (Å²) in [5.74, 6) is 4.22. The van der Waals surface area contributed by atoms with Gasteiger partial charge in [-0.25, -0.2) is 9.97 Å². The molecule has 6 heteroatoms. The summed E-state index contributed by atoms with van der Waals surface area (Å²) in [6, 6.07) is 8.44. The number of anilines is 1. The van der Waals surface area contributed by atoms with E-state index in [1.807, 2.05) is 17.4 Å². The van der Waals surface area contributed by atoms with Gasteiger partial charge in [-0.3, -0.25) is 0 Å². The summed E-state index contributed by atoms with van der Waals surface area (Å²) >= 11 is 1.81. The van der Waals surface area contributed by atoms with Gasteiger partial charge in [-0.1, -0.05) is 32.3 Å². The van der Waals surface area contributed by atoms with E-state index in [1.165, 1.54) is 42.5 Å². The van der Waals surface area contributed by atoms with Crippen molar-refractivity contribution in [1.82, 2.24) is 9.97 Å². The zero-order valence-electron chi connectivity index (χ0n) is 16.9. The Balaban J connectivity index is 1.36. The van der Waals surface area contributed by atoms with E-state index in [1.54, 1.807) is 0 Å². The molecule has 29 heavy (non-hydrogen) atoms. The molecule has 1 aromatic carbocycles. The van der Waals surface area contributed by atoms with E-state index >= 15 is 0 Å². The minimum Gasteiger partial charge on any atom is -0.454 e. The van der Waals surface area contributed by atoms with Crippen molar-refractivity contribution >= 4 is 27.4 Å². The molecule has 1 aliphatic heterocycles. The number of fused-ring (bicyclic) bond motifs is 2. The van der Waals surface area contributed by atoms with Crippen molar-refractivity contribution in [2.45, 2.75) is 57.8 Å². The van der Waals surface area contributed by atoms with Crippen LogP contribution >= 0.6 is 11.3 Å². The summed E-state index contributed by atoms with van der Waals surface area (Å²) in [6.07, 6.45) is 8.32.